The second-order valence-electron chi connectivity index (χ2n) is 4.18. The predicted molar refractivity (Wildman–Crippen MR) is 71.8 cm³/mol. The number of ether oxygens (including phenoxy) is 1. The van der Waals surface area contributed by atoms with Crippen LogP contribution in [0.15, 0.2) is 42.5 Å². The van der Waals surface area contributed by atoms with Gasteiger partial charge >= 0.3 is 0 Å². The summed E-state index contributed by atoms with van der Waals surface area (Å²) in [5, 5.41) is 0. The fraction of sp³-hybridized carbons (Fsp3) is 0.200. The highest BCUT2D eigenvalue weighted by Gasteiger charge is 2.02. The van der Waals surface area contributed by atoms with Crippen LogP contribution in [0.3, 0.4) is 0 Å². The second-order valence-corrected chi connectivity index (χ2v) is 4.18. The van der Waals surface area contributed by atoms with Crippen molar-refractivity contribution in [2.45, 2.75) is 6.42 Å². The van der Waals surface area contributed by atoms with E-state index >= 15 is 0 Å². The van der Waals surface area contributed by atoms with Gasteiger partial charge in [-0.1, -0.05) is 30.3 Å². The average Bonchev–Trinajstić information content (AvgIpc) is 2.40. The molecule has 0 amide bonds. The van der Waals surface area contributed by atoms with Gasteiger partial charge in [0, 0.05) is 7.11 Å². The van der Waals surface area contributed by atoms with E-state index in [9.17, 15) is 4.39 Å². The van der Waals surface area contributed by atoms with Crippen LogP contribution in [0.25, 0.3) is 11.1 Å². The summed E-state index contributed by atoms with van der Waals surface area (Å²) in [6.07, 6.45) is 0.882. The zero-order chi connectivity index (χ0) is 13.0. The van der Waals surface area contributed by atoms with E-state index in [0.717, 1.165) is 17.5 Å². The largest absolute Gasteiger partial charge is 0.396 e. The minimum atomic E-state index is -0.379. The fourth-order valence-corrected chi connectivity index (χ4v) is 1.79. The molecule has 0 unspecified atom stereocenters. The van der Waals surface area contributed by atoms with Gasteiger partial charge in [0.15, 0.2) is 0 Å². The van der Waals surface area contributed by atoms with Crippen LogP contribution in [-0.4, -0.2) is 13.7 Å². The molecule has 0 saturated carbocycles. The maximum Gasteiger partial charge on any atom is 0.146 e. The minimum absolute atomic E-state index is 0.176. The molecule has 0 aliphatic carbocycles. The first-order valence-corrected chi connectivity index (χ1v) is 5.84. The van der Waals surface area contributed by atoms with E-state index in [1.165, 1.54) is 11.6 Å². The van der Waals surface area contributed by atoms with Crippen molar-refractivity contribution in [3.63, 3.8) is 0 Å². The number of anilines is 1. The van der Waals surface area contributed by atoms with Crippen LogP contribution in [0.1, 0.15) is 5.56 Å². The van der Waals surface area contributed by atoms with Gasteiger partial charge in [0.2, 0.25) is 0 Å². The molecular formula is C15H16FNO. The number of hydrogen-bond donors (Lipinski definition) is 1. The van der Waals surface area contributed by atoms with E-state index in [1.807, 2.05) is 30.3 Å². The Morgan fingerprint density at radius 1 is 1.06 bits per heavy atom. The third-order valence-corrected chi connectivity index (χ3v) is 2.88. The molecule has 0 aromatic heterocycles. The molecule has 2 aromatic carbocycles. The SMILES string of the molecule is COCCc1ccc(-c2ccc(N)c(F)c2)cc1. The quantitative estimate of drug-likeness (QED) is 0.839. The predicted octanol–water partition coefficient (Wildman–Crippen LogP) is 3.26. The molecule has 3 heteroatoms. The average molecular weight is 245 g/mol. The lowest BCUT2D eigenvalue weighted by Gasteiger charge is -2.05. The van der Waals surface area contributed by atoms with Crippen LogP contribution >= 0.6 is 0 Å². The zero-order valence-corrected chi connectivity index (χ0v) is 10.3. The standard InChI is InChI=1S/C15H16FNO/c1-18-9-8-11-2-4-12(5-3-11)13-6-7-15(17)14(16)10-13/h2-7,10H,8-9,17H2,1H3. The molecule has 0 heterocycles. The fourth-order valence-electron chi connectivity index (χ4n) is 1.79. The van der Waals surface area contributed by atoms with Crippen molar-refractivity contribution < 1.29 is 9.13 Å². The summed E-state index contributed by atoms with van der Waals surface area (Å²) in [4.78, 5) is 0. The van der Waals surface area contributed by atoms with Gasteiger partial charge in [0.25, 0.3) is 0 Å². The monoisotopic (exact) mass is 245 g/mol. The van der Waals surface area contributed by atoms with Crippen LogP contribution < -0.4 is 5.73 Å². The van der Waals surface area contributed by atoms with Crippen LogP contribution in [0.4, 0.5) is 10.1 Å². The van der Waals surface area contributed by atoms with E-state index in [2.05, 4.69) is 0 Å². The van der Waals surface area contributed by atoms with Crippen molar-refractivity contribution in [1.29, 1.82) is 0 Å². The second kappa shape index (κ2) is 5.65. The molecule has 0 atom stereocenters. The van der Waals surface area contributed by atoms with Crippen LogP contribution in [0.2, 0.25) is 0 Å². The minimum Gasteiger partial charge on any atom is -0.396 e. The topological polar surface area (TPSA) is 35.2 Å². The Morgan fingerprint density at radius 2 is 1.72 bits per heavy atom. The third-order valence-electron chi connectivity index (χ3n) is 2.88. The Hall–Kier alpha value is -1.87. The Morgan fingerprint density at radius 3 is 2.33 bits per heavy atom. The number of halogens is 1. The Labute approximate surface area is 106 Å². The smallest absolute Gasteiger partial charge is 0.146 e. The molecule has 2 rings (SSSR count). The van der Waals surface area contributed by atoms with Crippen LogP contribution in [0, 0.1) is 5.82 Å². The van der Waals surface area contributed by atoms with Gasteiger partial charge in [-0.05, 0) is 35.2 Å². The highest BCUT2D eigenvalue weighted by atomic mass is 19.1. The summed E-state index contributed by atoms with van der Waals surface area (Å²) in [5.41, 5.74) is 8.65. The number of rotatable bonds is 4. The van der Waals surface area contributed by atoms with E-state index in [4.69, 9.17) is 10.5 Å². The molecule has 0 fully saturated rings. The van der Waals surface area contributed by atoms with E-state index < -0.39 is 0 Å². The molecule has 0 radical (unpaired) electrons. The molecule has 2 aromatic rings. The van der Waals surface area contributed by atoms with Gasteiger partial charge < -0.3 is 10.5 Å². The first-order chi connectivity index (χ1) is 8.70. The molecule has 0 aliphatic heterocycles. The van der Waals surface area contributed by atoms with Gasteiger partial charge in [0.05, 0.1) is 12.3 Å². The van der Waals surface area contributed by atoms with Crippen LogP contribution in [0.5, 0.6) is 0 Å². The maximum atomic E-state index is 13.4. The van der Waals surface area contributed by atoms with Crippen molar-refractivity contribution in [3.05, 3.63) is 53.8 Å². The van der Waals surface area contributed by atoms with Crippen molar-refractivity contribution in [1.82, 2.24) is 0 Å². The summed E-state index contributed by atoms with van der Waals surface area (Å²) < 4.78 is 18.4. The van der Waals surface area contributed by atoms with Gasteiger partial charge in [-0.15, -0.1) is 0 Å². The van der Waals surface area contributed by atoms with Crippen molar-refractivity contribution in [3.8, 4) is 11.1 Å². The summed E-state index contributed by atoms with van der Waals surface area (Å²) in [6, 6.07) is 12.9. The molecule has 2 nitrogen and oxygen atoms in total. The number of nitrogens with two attached hydrogens (primary N) is 1. The van der Waals surface area contributed by atoms with Gasteiger partial charge in [-0.3, -0.25) is 0 Å². The number of hydrogen-bond acceptors (Lipinski definition) is 2. The lowest BCUT2D eigenvalue weighted by atomic mass is 10.0. The molecule has 2 N–H and O–H groups in total. The van der Waals surface area contributed by atoms with Crippen molar-refractivity contribution >= 4 is 5.69 Å². The molecule has 0 saturated heterocycles. The van der Waals surface area contributed by atoms with Crippen LogP contribution in [-0.2, 0) is 11.2 Å². The Bertz CT molecular complexity index is 523. The van der Waals surface area contributed by atoms with Gasteiger partial charge in [-0.2, -0.15) is 0 Å². The number of benzene rings is 2. The maximum absolute atomic E-state index is 13.4. The number of nitrogen functional groups attached to an aromatic ring is 1. The molecule has 18 heavy (non-hydrogen) atoms. The lowest BCUT2D eigenvalue weighted by molar-refractivity contribution is 0.202. The summed E-state index contributed by atoms with van der Waals surface area (Å²) >= 11 is 0. The molecule has 0 bridgehead atoms. The summed E-state index contributed by atoms with van der Waals surface area (Å²) in [6.45, 7) is 0.704. The summed E-state index contributed by atoms with van der Waals surface area (Å²) in [7, 11) is 1.69. The summed E-state index contributed by atoms with van der Waals surface area (Å²) in [5.74, 6) is -0.379. The highest BCUT2D eigenvalue weighted by Crippen LogP contribution is 2.23. The zero-order valence-electron chi connectivity index (χ0n) is 10.3. The molecule has 0 spiro atoms. The number of methoxy groups -OCH3 is 1. The van der Waals surface area contributed by atoms with E-state index in [1.54, 1.807) is 13.2 Å². The first-order valence-electron chi connectivity index (χ1n) is 5.84. The van der Waals surface area contributed by atoms with Crippen molar-refractivity contribution in [2.75, 3.05) is 19.5 Å². The molecule has 0 aliphatic rings. The molecule has 94 valence electrons. The Balaban J connectivity index is 2.20. The Kier molecular flexibility index (Phi) is 3.95. The van der Waals surface area contributed by atoms with E-state index in [-0.39, 0.29) is 11.5 Å². The third kappa shape index (κ3) is 2.87. The highest BCUT2D eigenvalue weighted by molar-refractivity contribution is 5.66. The first kappa shape index (κ1) is 12.6. The lowest BCUT2D eigenvalue weighted by Crippen LogP contribution is -1.94. The van der Waals surface area contributed by atoms with Gasteiger partial charge in [-0.25, -0.2) is 4.39 Å². The molecular weight excluding hydrogens is 229 g/mol. The van der Waals surface area contributed by atoms with Gasteiger partial charge in [0.1, 0.15) is 5.82 Å². The normalized spacial score (nSPS) is 10.6. The van der Waals surface area contributed by atoms with Crippen molar-refractivity contribution in [2.24, 2.45) is 0 Å². The van der Waals surface area contributed by atoms with E-state index in [0.29, 0.717) is 6.61 Å².